The van der Waals surface area contributed by atoms with Crippen molar-refractivity contribution in [1.29, 1.82) is 0 Å². The third kappa shape index (κ3) is 16.1. The monoisotopic (exact) mass is 963 g/mol. The van der Waals surface area contributed by atoms with Crippen molar-refractivity contribution in [1.82, 2.24) is 36.9 Å². The number of rotatable bonds is 26. The van der Waals surface area contributed by atoms with Gasteiger partial charge in [-0.1, -0.05) is 72.8 Å². The molecule has 5 aromatic rings. The number of nitrogen functional groups attached to an aromatic ring is 1. The second-order valence-corrected chi connectivity index (χ2v) is 16.0. The van der Waals surface area contributed by atoms with Crippen LogP contribution in [0.5, 0.6) is 11.5 Å². The summed E-state index contributed by atoms with van der Waals surface area (Å²) in [6.45, 7) is -1.37. The zero-order valence-electron chi connectivity index (χ0n) is 37.5. The number of nitrogens with one attached hydrogen (secondary N) is 7. The van der Waals surface area contributed by atoms with Gasteiger partial charge in [-0.25, -0.2) is 0 Å². The van der Waals surface area contributed by atoms with Crippen molar-refractivity contribution < 1.29 is 63.2 Å². The van der Waals surface area contributed by atoms with Crippen molar-refractivity contribution in [2.45, 2.75) is 68.7 Å². The molecule has 0 fully saturated rings. The number of anilines is 1. The zero-order chi connectivity index (χ0) is 50.7. The van der Waals surface area contributed by atoms with Gasteiger partial charge in [0.1, 0.15) is 48.3 Å². The summed E-state index contributed by atoms with van der Waals surface area (Å²) < 4.78 is 5.55. The first-order valence-corrected chi connectivity index (χ1v) is 21.8. The molecule has 5 atom stereocenters. The predicted molar refractivity (Wildman–Crippen MR) is 251 cm³/mol. The highest BCUT2D eigenvalue weighted by Crippen LogP contribution is 2.21. The van der Waals surface area contributed by atoms with Gasteiger partial charge in [0.2, 0.25) is 35.4 Å². The maximum absolute atomic E-state index is 14.4. The molecule has 14 N–H and O–H groups in total. The Balaban J connectivity index is 1.41. The highest BCUT2D eigenvalue weighted by molar-refractivity contribution is 5.98. The van der Waals surface area contributed by atoms with Crippen LogP contribution in [0.25, 0.3) is 10.9 Å². The summed E-state index contributed by atoms with van der Waals surface area (Å²) in [6.07, 6.45) is -0.873. The van der Waals surface area contributed by atoms with E-state index < -0.39 is 116 Å². The average molecular weight is 964 g/mol. The number of ether oxygens (including phenoxy) is 1. The van der Waals surface area contributed by atoms with Crippen molar-refractivity contribution in [3.05, 3.63) is 126 Å². The number of amides is 7. The van der Waals surface area contributed by atoms with Crippen molar-refractivity contribution in [2.24, 2.45) is 5.73 Å². The van der Waals surface area contributed by atoms with E-state index in [1.807, 2.05) is 0 Å². The number of benzene rings is 4. The van der Waals surface area contributed by atoms with Crippen molar-refractivity contribution in [3.63, 3.8) is 0 Å². The Morgan fingerprint density at radius 3 is 1.77 bits per heavy atom. The number of hydrogen-bond donors (Lipinski definition) is 12. The minimum atomic E-state index is -1.87. The highest BCUT2D eigenvalue weighted by Gasteiger charge is 2.34. The van der Waals surface area contributed by atoms with Crippen LogP contribution in [-0.2, 0) is 62.4 Å². The fourth-order valence-corrected chi connectivity index (χ4v) is 7.17. The quantitative estimate of drug-likeness (QED) is 0.0323. The molecule has 0 aliphatic carbocycles. The van der Waals surface area contributed by atoms with Gasteiger partial charge < -0.3 is 68.4 Å². The minimum absolute atomic E-state index is 0.0698. The highest BCUT2D eigenvalue weighted by atomic mass is 16.5. The van der Waals surface area contributed by atoms with Crippen LogP contribution in [-0.4, -0.2) is 117 Å². The second kappa shape index (κ2) is 25.3. The van der Waals surface area contributed by atoms with Crippen LogP contribution in [0.2, 0.25) is 0 Å². The third-order valence-corrected chi connectivity index (χ3v) is 10.7. The number of aromatic amines is 1. The molecule has 0 unspecified atom stereocenters. The first-order valence-electron chi connectivity index (χ1n) is 21.8. The van der Waals surface area contributed by atoms with E-state index in [1.165, 1.54) is 30.3 Å². The maximum Gasteiger partial charge on any atom is 0.322 e. The number of aromatic hydroxyl groups is 1. The number of primary amides is 1. The number of carbonyl (C=O) groups excluding carboxylic acids is 7. The number of H-pyrrole nitrogens is 1. The maximum atomic E-state index is 14.4. The summed E-state index contributed by atoms with van der Waals surface area (Å²) in [5, 5.41) is 44.2. The Morgan fingerprint density at radius 1 is 0.586 bits per heavy atom. The molecule has 0 saturated carbocycles. The second-order valence-electron chi connectivity index (χ2n) is 16.0. The van der Waals surface area contributed by atoms with Crippen LogP contribution in [0, 0.1) is 0 Å². The lowest BCUT2D eigenvalue weighted by atomic mass is 10.0. The van der Waals surface area contributed by atoms with Gasteiger partial charge in [-0.3, -0.25) is 43.2 Å². The summed E-state index contributed by atoms with van der Waals surface area (Å²) >= 11 is 0. The molecule has 1 heterocycles. The van der Waals surface area contributed by atoms with Gasteiger partial charge in [0.25, 0.3) is 5.91 Å². The number of hydrogen-bond acceptors (Lipinski definition) is 12. The standard InChI is InChI=1S/C48H53N9O13/c49-32-11-5-7-13-39(32)70-26-41(60)53-36(21-28-14-16-30(58)17-15-28)46(67)54-34(18-19-40(50)59)45(66)56-37(22-29-24-51-33-12-6-4-10-31(29)33)47(68)57-38(23-42(61)62)48(69)55-35(44(65)52-25-43(63)64)20-27-8-2-1-3-9-27/h1-17,24,34-38,51,58H,18-23,25-26,49H2,(H2,50,59)(H,52,65)(H,53,60)(H,54,67)(H,55,69)(H,56,66)(H,57,68)(H,61,62)(H,63,64)/t34-,35-,36-,37-,38-/m0/s1. The van der Waals surface area contributed by atoms with Crippen molar-refractivity contribution in [2.75, 3.05) is 18.9 Å². The lowest BCUT2D eigenvalue weighted by Gasteiger charge is -2.27. The minimum Gasteiger partial charge on any atom is -0.508 e. The molecule has 4 aromatic carbocycles. The predicted octanol–water partition coefficient (Wildman–Crippen LogP) is -0.0724. The number of phenolic OH excluding ortho intramolecular Hbond substituents is 1. The smallest absolute Gasteiger partial charge is 0.322 e. The number of aliphatic carboxylic acids is 2. The van der Waals surface area contributed by atoms with Crippen LogP contribution >= 0.6 is 0 Å². The molecular formula is C48H53N9O13. The largest absolute Gasteiger partial charge is 0.508 e. The van der Waals surface area contributed by atoms with E-state index in [1.54, 1.807) is 79.0 Å². The van der Waals surface area contributed by atoms with Gasteiger partial charge in [-0.15, -0.1) is 0 Å². The van der Waals surface area contributed by atoms with E-state index >= 15 is 0 Å². The zero-order valence-corrected chi connectivity index (χ0v) is 37.5. The van der Waals surface area contributed by atoms with E-state index in [0.29, 0.717) is 27.6 Å². The van der Waals surface area contributed by atoms with Gasteiger partial charge in [0.05, 0.1) is 12.1 Å². The Kier molecular flexibility index (Phi) is 18.8. The SMILES string of the molecule is NC(=O)CC[C@H](NC(=O)[C@H](Cc1ccc(O)cc1)NC(=O)COc1ccccc1N)C(=O)N[C@@H](Cc1c[nH]c2ccccc12)C(=O)N[C@@H](CC(=O)O)C(=O)N[C@@H](Cc1ccccc1)C(=O)NCC(=O)O. The third-order valence-electron chi connectivity index (χ3n) is 10.7. The number of carbonyl (C=O) groups is 9. The average Bonchev–Trinajstić information content (AvgIpc) is 3.73. The first kappa shape index (κ1) is 52.0. The normalized spacial score (nSPS) is 13.0. The van der Waals surface area contributed by atoms with Crippen LogP contribution in [0.3, 0.4) is 0 Å². The van der Waals surface area contributed by atoms with E-state index in [4.69, 9.17) is 21.3 Å². The summed E-state index contributed by atoms with van der Waals surface area (Å²) in [5.74, 6) is -9.45. The first-order chi connectivity index (χ1) is 33.4. The van der Waals surface area contributed by atoms with E-state index in [9.17, 15) is 53.4 Å². The fourth-order valence-electron chi connectivity index (χ4n) is 7.17. The van der Waals surface area contributed by atoms with E-state index in [-0.39, 0.29) is 36.4 Å². The van der Waals surface area contributed by atoms with Crippen LogP contribution < -0.4 is 48.1 Å². The van der Waals surface area contributed by atoms with Crippen LogP contribution in [0.4, 0.5) is 5.69 Å². The van der Waals surface area contributed by atoms with Crippen molar-refractivity contribution in [3.8, 4) is 11.5 Å². The molecule has 5 rings (SSSR count). The van der Waals surface area contributed by atoms with Crippen LogP contribution in [0.15, 0.2) is 109 Å². The summed E-state index contributed by atoms with van der Waals surface area (Å²) in [4.78, 5) is 122. The molecular weight excluding hydrogens is 911 g/mol. The molecule has 0 spiro atoms. The number of carboxylic acids is 2. The number of phenols is 1. The van der Waals surface area contributed by atoms with E-state index in [0.717, 1.165) is 0 Å². The molecule has 0 radical (unpaired) electrons. The van der Waals surface area contributed by atoms with Gasteiger partial charge in [0.15, 0.2) is 6.61 Å². The Hall–Kier alpha value is -8.95. The molecule has 0 aliphatic heterocycles. The summed E-state index contributed by atoms with van der Waals surface area (Å²) in [6, 6.07) is 19.5. The Labute approximate surface area is 399 Å². The van der Waals surface area contributed by atoms with Crippen LogP contribution in [0.1, 0.15) is 36.0 Å². The number of aromatic nitrogens is 1. The molecule has 0 aliphatic rings. The number of nitrogens with two attached hydrogens (primary N) is 2. The Bertz CT molecular complexity index is 2680. The summed E-state index contributed by atoms with van der Waals surface area (Å²) in [7, 11) is 0. The van der Waals surface area contributed by atoms with Gasteiger partial charge >= 0.3 is 11.9 Å². The van der Waals surface area contributed by atoms with Gasteiger partial charge in [0, 0.05) is 42.8 Å². The lowest BCUT2D eigenvalue weighted by Crippen LogP contribution is -2.60. The fraction of sp³-hybridized carbons (Fsp3) is 0.271. The van der Waals surface area contributed by atoms with Crippen molar-refractivity contribution >= 4 is 69.9 Å². The van der Waals surface area contributed by atoms with E-state index in [2.05, 4.69) is 36.9 Å². The molecule has 0 saturated heterocycles. The number of fused-ring (bicyclic) bond motifs is 1. The van der Waals surface area contributed by atoms with Gasteiger partial charge in [-0.05, 0) is 53.4 Å². The topological polar surface area (TPSA) is 364 Å². The summed E-state index contributed by atoms with van der Waals surface area (Å²) in [5.41, 5.74) is 13.8. The molecule has 70 heavy (non-hydrogen) atoms. The molecule has 22 nitrogen and oxygen atoms in total. The molecule has 1 aromatic heterocycles. The molecule has 368 valence electrons. The molecule has 22 heteroatoms. The lowest BCUT2D eigenvalue weighted by molar-refractivity contribution is -0.142. The van der Waals surface area contributed by atoms with Gasteiger partial charge in [-0.2, -0.15) is 0 Å². The number of carboxylic acid groups (broad SMARTS) is 2. The Morgan fingerprint density at radius 2 is 1.13 bits per heavy atom. The number of para-hydroxylation sites is 3. The molecule has 7 amide bonds. The molecule has 0 bridgehead atoms.